The lowest BCUT2D eigenvalue weighted by Crippen LogP contribution is -2.61. The van der Waals surface area contributed by atoms with E-state index in [1.807, 2.05) is 20.8 Å². The molecule has 4 aliphatic carbocycles. The van der Waals surface area contributed by atoms with E-state index in [-0.39, 0.29) is 11.3 Å². The highest BCUT2D eigenvalue weighted by molar-refractivity contribution is 5.12. The molecule has 0 bridgehead atoms. The van der Waals surface area contributed by atoms with Gasteiger partial charge in [-0.3, -0.25) is 0 Å². The lowest BCUT2D eigenvalue weighted by Gasteiger charge is -2.63. The summed E-state index contributed by atoms with van der Waals surface area (Å²) in [5.74, 6) is 4.20. The molecule has 0 saturated heterocycles. The van der Waals surface area contributed by atoms with Crippen LogP contribution < -0.4 is 0 Å². The molecule has 4 saturated carbocycles. The molecule has 0 heterocycles. The first-order valence-electron chi connectivity index (χ1n) is 13.4. The number of aliphatic hydroxyl groups is 3. The van der Waals surface area contributed by atoms with Gasteiger partial charge in [-0.2, -0.15) is 0 Å². The Kier molecular flexibility index (Phi) is 6.18. The van der Waals surface area contributed by atoms with Gasteiger partial charge in [-0.05, 0) is 125 Å². The van der Waals surface area contributed by atoms with Gasteiger partial charge in [-0.25, -0.2) is 0 Å². The second kappa shape index (κ2) is 7.98. The minimum atomic E-state index is -0.906. The van der Waals surface area contributed by atoms with Crippen LogP contribution in [0.4, 0.5) is 0 Å². The topological polar surface area (TPSA) is 60.7 Å². The van der Waals surface area contributed by atoms with Crippen LogP contribution in [0.3, 0.4) is 0 Å². The second-order valence-corrected chi connectivity index (χ2v) is 13.8. The normalized spacial score (nSPS) is 51.0. The monoisotopic (exact) mass is 434 g/mol. The third-order valence-corrected chi connectivity index (χ3v) is 11.3. The average Bonchev–Trinajstić information content (AvgIpc) is 3.02. The molecule has 0 aromatic heterocycles. The second-order valence-electron chi connectivity index (χ2n) is 13.8. The predicted octanol–water partition coefficient (Wildman–Crippen LogP) is 5.94. The van der Waals surface area contributed by atoms with Gasteiger partial charge in [0.25, 0.3) is 0 Å². The molecular formula is C28H50O3. The number of rotatable bonds is 5. The van der Waals surface area contributed by atoms with Gasteiger partial charge in [0.1, 0.15) is 0 Å². The van der Waals surface area contributed by atoms with E-state index in [1.54, 1.807) is 0 Å². The summed E-state index contributed by atoms with van der Waals surface area (Å²) >= 11 is 0. The van der Waals surface area contributed by atoms with Crippen LogP contribution in [0, 0.1) is 46.3 Å². The summed E-state index contributed by atoms with van der Waals surface area (Å²) in [5.41, 5.74) is -0.778. The average molecular weight is 435 g/mol. The van der Waals surface area contributed by atoms with Gasteiger partial charge >= 0.3 is 0 Å². The van der Waals surface area contributed by atoms with E-state index in [1.165, 1.54) is 38.5 Å². The molecule has 0 aromatic rings. The highest BCUT2D eigenvalue weighted by atomic mass is 16.3. The lowest BCUT2D eigenvalue weighted by molar-refractivity contribution is -0.205. The predicted molar refractivity (Wildman–Crippen MR) is 127 cm³/mol. The van der Waals surface area contributed by atoms with E-state index in [0.29, 0.717) is 5.41 Å². The summed E-state index contributed by atoms with van der Waals surface area (Å²) in [6.07, 6.45) is 12.3. The fourth-order valence-electron chi connectivity index (χ4n) is 9.51. The standard InChI is InChI=1S/C28H50O3/c1-18(8-7-14-25(2,3)30)20-11-12-21-19-9-10-23-24(29)28(6,31)17-16-27(23,5)22(19)13-15-26(20,21)4/h18-24,29-31H,7-17H2,1-6H3/t18-,19+,20-,21+,22+,23+,24-,26-,27-,28?/m1/s1. The molecule has 31 heavy (non-hydrogen) atoms. The fourth-order valence-corrected chi connectivity index (χ4v) is 9.51. The molecule has 4 fully saturated rings. The van der Waals surface area contributed by atoms with Crippen LogP contribution in [0.2, 0.25) is 0 Å². The van der Waals surface area contributed by atoms with Gasteiger partial charge in [0.2, 0.25) is 0 Å². The van der Waals surface area contributed by atoms with Crippen LogP contribution in [0.5, 0.6) is 0 Å². The van der Waals surface area contributed by atoms with Gasteiger partial charge in [0.15, 0.2) is 0 Å². The third-order valence-electron chi connectivity index (χ3n) is 11.3. The Balaban J connectivity index is 1.47. The Labute approximate surface area is 191 Å². The van der Waals surface area contributed by atoms with Crippen molar-refractivity contribution in [1.82, 2.24) is 0 Å². The number of hydrogen-bond acceptors (Lipinski definition) is 3. The smallest absolute Gasteiger partial charge is 0.0880 e. The van der Waals surface area contributed by atoms with Crippen LogP contribution in [-0.2, 0) is 0 Å². The van der Waals surface area contributed by atoms with Crippen LogP contribution in [-0.4, -0.2) is 32.6 Å². The quantitative estimate of drug-likeness (QED) is 0.501. The minimum Gasteiger partial charge on any atom is -0.390 e. The molecule has 180 valence electrons. The summed E-state index contributed by atoms with van der Waals surface area (Å²) in [5, 5.41) is 31.8. The van der Waals surface area contributed by atoms with Crippen molar-refractivity contribution in [3.8, 4) is 0 Å². The Bertz CT molecular complexity index is 651. The molecule has 1 unspecified atom stereocenters. The zero-order chi connectivity index (χ0) is 22.8. The largest absolute Gasteiger partial charge is 0.390 e. The lowest BCUT2D eigenvalue weighted by atomic mass is 9.43. The zero-order valence-corrected chi connectivity index (χ0v) is 21.2. The number of fused-ring (bicyclic) bond motifs is 5. The summed E-state index contributed by atoms with van der Waals surface area (Å²) in [6, 6.07) is 0. The van der Waals surface area contributed by atoms with Crippen molar-refractivity contribution >= 4 is 0 Å². The van der Waals surface area contributed by atoms with Gasteiger partial charge in [0.05, 0.1) is 17.3 Å². The number of aliphatic hydroxyl groups excluding tert-OH is 1. The molecule has 4 rings (SSSR count). The Morgan fingerprint density at radius 1 is 0.871 bits per heavy atom. The molecule has 3 N–H and O–H groups in total. The molecule has 0 radical (unpaired) electrons. The van der Waals surface area contributed by atoms with Gasteiger partial charge in [-0.15, -0.1) is 0 Å². The highest BCUT2D eigenvalue weighted by Crippen LogP contribution is 2.68. The molecule has 0 spiro atoms. The highest BCUT2D eigenvalue weighted by Gasteiger charge is 2.63. The first kappa shape index (κ1) is 24.0. The molecule has 4 aliphatic rings. The Hall–Kier alpha value is -0.120. The summed E-state index contributed by atoms with van der Waals surface area (Å²) < 4.78 is 0. The van der Waals surface area contributed by atoms with Gasteiger partial charge in [0, 0.05) is 0 Å². The molecular weight excluding hydrogens is 384 g/mol. The fraction of sp³-hybridized carbons (Fsp3) is 1.00. The number of hydrogen-bond donors (Lipinski definition) is 3. The minimum absolute atomic E-state index is 0.197. The van der Waals surface area contributed by atoms with Crippen molar-refractivity contribution in [3.05, 3.63) is 0 Å². The van der Waals surface area contributed by atoms with E-state index >= 15 is 0 Å². The van der Waals surface area contributed by atoms with Crippen molar-refractivity contribution < 1.29 is 15.3 Å². The third kappa shape index (κ3) is 4.03. The summed E-state index contributed by atoms with van der Waals surface area (Å²) in [7, 11) is 0. The SMILES string of the molecule is C[C@H](CCCC(C)(C)O)[C@H]1CC[C@H]2[C@@H]3CC[C@H]4[C@@H](O)C(C)(O)CC[C@]4(C)[C@H]3CC[C@]12C. The van der Waals surface area contributed by atoms with Crippen LogP contribution >= 0.6 is 0 Å². The van der Waals surface area contributed by atoms with E-state index in [9.17, 15) is 15.3 Å². The van der Waals surface area contributed by atoms with Gasteiger partial charge in [-0.1, -0.05) is 33.6 Å². The molecule has 0 aliphatic heterocycles. The van der Waals surface area contributed by atoms with E-state index in [4.69, 9.17) is 0 Å². The Morgan fingerprint density at radius 2 is 1.52 bits per heavy atom. The summed E-state index contributed by atoms with van der Waals surface area (Å²) in [6.45, 7) is 13.3. The first-order valence-corrected chi connectivity index (χ1v) is 13.4. The molecule has 0 amide bonds. The van der Waals surface area contributed by atoms with Crippen molar-refractivity contribution in [2.75, 3.05) is 0 Å². The maximum atomic E-state index is 11.0. The first-order chi connectivity index (χ1) is 14.3. The van der Waals surface area contributed by atoms with Crippen molar-refractivity contribution in [3.63, 3.8) is 0 Å². The van der Waals surface area contributed by atoms with E-state index < -0.39 is 17.3 Å². The van der Waals surface area contributed by atoms with E-state index in [0.717, 1.165) is 61.7 Å². The van der Waals surface area contributed by atoms with E-state index in [2.05, 4.69) is 20.8 Å². The molecule has 3 heteroatoms. The Morgan fingerprint density at radius 3 is 2.19 bits per heavy atom. The zero-order valence-electron chi connectivity index (χ0n) is 21.2. The molecule has 3 nitrogen and oxygen atoms in total. The van der Waals surface area contributed by atoms with Gasteiger partial charge < -0.3 is 15.3 Å². The summed E-state index contributed by atoms with van der Waals surface area (Å²) in [4.78, 5) is 0. The maximum absolute atomic E-state index is 11.0. The molecule has 10 atom stereocenters. The van der Waals surface area contributed by atoms with Crippen LogP contribution in [0.1, 0.15) is 112 Å². The molecule has 0 aromatic carbocycles. The van der Waals surface area contributed by atoms with Crippen molar-refractivity contribution in [2.24, 2.45) is 46.3 Å². The van der Waals surface area contributed by atoms with Crippen molar-refractivity contribution in [2.45, 2.75) is 129 Å². The van der Waals surface area contributed by atoms with Crippen molar-refractivity contribution in [1.29, 1.82) is 0 Å². The van der Waals surface area contributed by atoms with Crippen LogP contribution in [0.25, 0.3) is 0 Å². The van der Waals surface area contributed by atoms with Crippen LogP contribution in [0.15, 0.2) is 0 Å². The maximum Gasteiger partial charge on any atom is 0.0880 e.